The fourth-order valence-corrected chi connectivity index (χ4v) is 2.48. The Labute approximate surface area is 151 Å². The molecule has 1 heterocycles. The summed E-state index contributed by atoms with van der Waals surface area (Å²) in [6.07, 6.45) is 2.93. The van der Waals surface area contributed by atoms with Gasteiger partial charge in [0, 0.05) is 11.6 Å². The molecule has 0 bridgehead atoms. The third-order valence-corrected chi connectivity index (χ3v) is 3.60. The summed E-state index contributed by atoms with van der Waals surface area (Å²) in [5, 5.41) is 0.443. The molecular weight excluding hydrogens is 340 g/mol. The van der Waals surface area contributed by atoms with Gasteiger partial charge in [0.1, 0.15) is 13.2 Å². The van der Waals surface area contributed by atoms with Gasteiger partial charge in [0.2, 0.25) is 0 Å². The summed E-state index contributed by atoms with van der Waals surface area (Å²) >= 11 is 6.15. The van der Waals surface area contributed by atoms with E-state index in [0.29, 0.717) is 29.7 Å². The third-order valence-electron chi connectivity index (χ3n) is 3.32. The van der Waals surface area contributed by atoms with E-state index in [0.717, 1.165) is 11.1 Å². The molecule has 0 saturated carbocycles. The maximum atomic E-state index is 11.7. The van der Waals surface area contributed by atoms with Gasteiger partial charge in [-0.15, -0.1) is 0 Å². The monoisotopic (exact) mass is 354 g/mol. The fraction of sp³-hybridized carbons (Fsp3) is 0.150. The van der Waals surface area contributed by atoms with E-state index in [-0.39, 0.29) is 6.61 Å². The number of hydrogen-bond donors (Lipinski definition) is 0. The maximum absolute atomic E-state index is 11.7. The number of esters is 1. The van der Waals surface area contributed by atoms with Gasteiger partial charge in [-0.05, 0) is 35.9 Å². The Morgan fingerprint density at radius 2 is 2.00 bits per heavy atom. The van der Waals surface area contributed by atoms with E-state index in [1.165, 1.54) is 6.08 Å². The molecule has 0 aromatic heterocycles. The quantitative estimate of drug-likeness (QED) is 0.479. The van der Waals surface area contributed by atoms with Crippen LogP contribution in [0.15, 0.2) is 48.5 Å². The summed E-state index contributed by atoms with van der Waals surface area (Å²) in [7, 11) is 0. The highest BCUT2D eigenvalue weighted by atomic mass is 35.5. The van der Waals surface area contributed by atoms with Gasteiger partial charge in [0.25, 0.3) is 0 Å². The second-order valence-electron chi connectivity index (χ2n) is 5.14. The molecule has 2 aromatic carbocycles. The number of halogens is 1. The van der Waals surface area contributed by atoms with Crippen LogP contribution in [-0.2, 0) is 9.53 Å². The summed E-state index contributed by atoms with van der Waals surface area (Å²) in [6, 6.07) is 13.0. The van der Waals surface area contributed by atoms with Gasteiger partial charge in [0.15, 0.2) is 18.1 Å². The van der Waals surface area contributed by atoms with Crippen LogP contribution in [0.2, 0.25) is 5.02 Å². The average molecular weight is 355 g/mol. The molecule has 2 aromatic rings. The zero-order valence-electron chi connectivity index (χ0n) is 13.3. The fourth-order valence-electron chi connectivity index (χ4n) is 2.21. The number of fused-ring (bicyclic) bond motifs is 1. The van der Waals surface area contributed by atoms with Crippen molar-refractivity contribution in [1.29, 1.82) is 0 Å². The highest BCUT2D eigenvalue weighted by molar-refractivity contribution is 6.32. The Bertz CT molecular complexity index is 847. The van der Waals surface area contributed by atoms with Gasteiger partial charge >= 0.3 is 5.97 Å². The minimum absolute atomic E-state index is 0.0277. The van der Waals surface area contributed by atoms with Crippen LogP contribution < -0.4 is 9.47 Å². The number of ether oxygens (including phenoxy) is 3. The normalized spacial score (nSPS) is 12.4. The summed E-state index contributed by atoms with van der Waals surface area (Å²) in [5.41, 5.74) is 1.60. The van der Waals surface area contributed by atoms with Crippen molar-refractivity contribution in [3.8, 4) is 23.3 Å². The van der Waals surface area contributed by atoms with Crippen molar-refractivity contribution in [2.24, 2.45) is 0 Å². The average Bonchev–Trinajstić information content (AvgIpc) is 2.64. The van der Waals surface area contributed by atoms with Gasteiger partial charge in [-0.3, -0.25) is 0 Å². The molecule has 0 amide bonds. The van der Waals surface area contributed by atoms with Crippen LogP contribution in [0.4, 0.5) is 0 Å². The van der Waals surface area contributed by atoms with E-state index < -0.39 is 5.97 Å². The van der Waals surface area contributed by atoms with Crippen molar-refractivity contribution in [3.05, 3.63) is 64.7 Å². The Balaban J connectivity index is 1.56. The van der Waals surface area contributed by atoms with Crippen molar-refractivity contribution < 1.29 is 19.0 Å². The smallest absolute Gasteiger partial charge is 0.331 e. The van der Waals surface area contributed by atoms with Crippen LogP contribution >= 0.6 is 11.6 Å². The molecule has 0 saturated heterocycles. The lowest BCUT2D eigenvalue weighted by Gasteiger charge is -2.19. The second kappa shape index (κ2) is 8.27. The lowest BCUT2D eigenvalue weighted by molar-refractivity contribution is -0.136. The van der Waals surface area contributed by atoms with Crippen LogP contribution in [0.3, 0.4) is 0 Å². The Hall–Kier alpha value is -2.90. The molecule has 4 nitrogen and oxygen atoms in total. The number of rotatable bonds is 3. The minimum Gasteiger partial charge on any atom is -0.486 e. The molecule has 0 spiro atoms. The molecule has 0 aliphatic carbocycles. The number of benzene rings is 2. The van der Waals surface area contributed by atoms with Crippen LogP contribution in [0.5, 0.6) is 11.5 Å². The molecule has 25 heavy (non-hydrogen) atoms. The molecule has 0 fully saturated rings. The molecule has 0 unspecified atom stereocenters. The van der Waals surface area contributed by atoms with E-state index in [9.17, 15) is 4.79 Å². The van der Waals surface area contributed by atoms with Crippen LogP contribution in [-0.4, -0.2) is 25.8 Å². The van der Waals surface area contributed by atoms with E-state index in [4.69, 9.17) is 25.8 Å². The van der Waals surface area contributed by atoms with Gasteiger partial charge in [-0.1, -0.05) is 41.6 Å². The first-order valence-electron chi connectivity index (χ1n) is 7.70. The van der Waals surface area contributed by atoms with E-state index in [2.05, 4.69) is 11.8 Å². The summed E-state index contributed by atoms with van der Waals surface area (Å²) in [5.74, 6) is 6.34. The van der Waals surface area contributed by atoms with E-state index in [1.54, 1.807) is 18.2 Å². The van der Waals surface area contributed by atoms with Gasteiger partial charge in [-0.25, -0.2) is 4.79 Å². The minimum atomic E-state index is -0.478. The zero-order valence-corrected chi connectivity index (χ0v) is 14.1. The predicted octanol–water partition coefficient (Wildman–Crippen LogP) is 3.72. The van der Waals surface area contributed by atoms with Crippen LogP contribution in [0.1, 0.15) is 11.1 Å². The SMILES string of the molecule is O=C(C=Cc1cc(Cl)c2c(c1)OCCO2)OCC#Cc1ccccc1. The molecule has 0 radical (unpaired) electrons. The van der Waals surface area contributed by atoms with Crippen molar-refractivity contribution in [3.63, 3.8) is 0 Å². The highest BCUT2D eigenvalue weighted by Crippen LogP contribution is 2.38. The van der Waals surface area contributed by atoms with Crippen molar-refractivity contribution in [1.82, 2.24) is 0 Å². The number of carbonyl (C=O) groups excluding carboxylic acids is 1. The number of carbonyl (C=O) groups is 1. The summed E-state index contributed by atoms with van der Waals surface area (Å²) in [4.78, 5) is 11.7. The Morgan fingerprint density at radius 3 is 2.84 bits per heavy atom. The van der Waals surface area contributed by atoms with Gasteiger partial charge < -0.3 is 14.2 Å². The van der Waals surface area contributed by atoms with Crippen LogP contribution in [0.25, 0.3) is 6.08 Å². The Morgan fingerprint density at radius 1 is 1.20 bits per heavy atom. The molecule has 1 aliphatic heterocycles. The number of hydrogen-bond acceptors (Lipinski definition) is 4. The maximum Gasteiger partial charge on any atom is 0.331 e. The molecule has 5 heteroatoms. The van der Waals surface area contributed by atoms with Crippen LogP contribution in [0, 0.1) is 11.8 Å². The largest absolute Gasteiger partial charge is 0.486 e. The standard InChI is InChI=1S/C20H15ClO4/c21-17-13-16(14-18-20(17)25-12-11-23-18)8-9-19(22)24-10-4-7-15-5-2-1-3-6-15/h1-3,5-6,8-9,13-14H,10-12H2. The first kappa shape index (κ1) is 16.9. The third kappa shape index (κ3) is 4.79. The van der Waals surface area contributed by atoms with Crippen molar-refractivity contribution in [2.75, 3.05) is 19.8 Å². The first-order valence-corrected chi connectivity index (χ1v) is 8.08. The molecule has 3 rings (SSSR count). The second-order valence-corrected chi connectivity index (χ2v) is 5.54. The predicted molar refractivity (Wildman–Crippen MR) is 95.8 cm³/mol. The molecular formula is C20H15ClO4. The lowest BCUT2D eigenvalue weighted by atomic mass is 10.2. The highest BCUT2D eigenvalue weighted by Gasteiger charge is 2.15. The lowest BCUT2D eigenvalue weighted by Crippen LogP contribution is -2.15. The topological polar surface area (TPSA) is 44.8 Å². The molecule has 126 valence electrons. The van der Waals surface area contributed by atoms with Crippen molar-refractivity contribution >= 4 is 23.6 Å². The van der Waals surface area contributed by atoms with E-state index >= 15 is 0 Å². The Kier molecular flexibility index (Phi) is 5.61. The first-order chi connectivity index (χ1) is 12.2. The summed E-state index contributed by atoms with van der Waals surface area (Å²) < 4.78 is 16.0. The summed E-state index contributed by atoms with van der Waals surface area (Å²) in [6.45, 7) is 0.969. The molecule has 1 aliphatic rings. The molecule has 0 atom stereocenters. The zero-order chi connectivity index (χ0) is 17.5. The van der Waals surface area contributed by atoms with Gasteiger partial charge in [-0.2, -0.15) is 0 Å². The van der Waals surface area contributed by atoms with Gasteiger partial charge in [0.05, 0.1) is 5.02 Å². The van der Waals surface area contributed by atoms with Crippen molar-refractivity contribution in [2.45, 2.75) is 0 Å². The van der Waals surface area contributed by atoms with E-state index in [1.807, 2.05) is 30.3 Å². The molecule has 0 N–H and O–H groups in total.